The number of halogens is 1. The lowest BCUT2D eigenvalue weighted by molar-refractivity contribution is 0.0729. The molecule has 1 aromatic heterocycles. The van der Waals surface area contributed by atoms with Gasteiger partial charge in [0.1, 0.15) is 10.7 Å². The predicted molar refractivity (Wildman–Crippen MR) is 107 cm³/mol. The van der Waals surface area contributed by atoms with E-state index in [0.29, 0.717) is 5.56 Å². The van der Waals surface area contributed by atoms with Crippen LogP contribution in [0.25, 0.3) is 10.9 Å². The summed E-state index contributed by atoms with van der Waals surface area (Å²) in [5.41, 5.74) is 1.55. The van der Waals surface area contributed by atoms with Crippen LogP contribution >= 0.6 is 0 Å². The van der Waals surface area contributed by atoms with Gasteiger partial charge in [-0.15, -0.1) is 0 Å². The molecule has 2 aromatic carbocycles. The average molecular weight is 417 g/mol. The number of carbonyl (C=O) groups excluding carboxylic acids is 1. The third kappa shape index (κ3) is 3.64. The molecule has 1 aliphatic heterocycles. The van der Waals surface area contributed by atoms with E-state index in [1.807, 2.05) is 35.9 Å². The van der Waals surface area contributed by atoms with E-state index < -0.39 is 26.6 Å². The van der Waals surface area contributed by atoms with Crippen molar-refractivity contribution in [3.63, 3.8) is 0 Å². The van der Waals surface area contributed by atoms with Gasteiger partial charge in [0.05, 0.1) is 18.8 Å². The zero-order valence-corrected chi connectivity index (χ0v) is 16.6. The fourth-order valence-corrected chi connectivity index (χ4v) is 4.92. The number of benzene rings is 2. The molecule has 2 heterocycles. The smallest absolute Gasteiger partial charge is 0.257 e. The van der Waals surface area contributed by atoms with Gasteiger partial charge in [0.2, 0.25) is 10.0 Å². The van der Waals surface area contributed by atoms with Gasteiger partial charge >= 0.3 is 0 Å². The second kappa shape index (κ2) is 7.58. The number of hydrogen-bond acceptors (Lipinski definition) is 4. The minimum Gasteiger partial charge on any atom is -0.379 e. The number of para-hydroxylation sites is 1. The molecule has 1 fully saturated rings. The molecule has 0 saturated carbocycles. The first kappa shape index (κ1) is 19.6. The van der Waals surface area contributed by atoms with E-state index in [4.69, 9.17) is 4.74 Å². The van der Waals surface area contributed by atoms with Crippen LogP contribution in [0.15, 0.2) is 53.6 Å². The maximum Gasteiger partial charge on any atom is 0.257 e. The summed E-state index contributed by atoms with van der Waals surface area (Å²) in [5.74, 6) is -1.26. The van der Waals surface area contributed by atoms with E-state index in [0.717, 1.165) is 23.0 Å². The van der Waals surface area contributed by atoms with Gasteiger partial charge in [-0.2, -0.15) is 4.31 Å². The summed E-state index contributed by atoms with van der Waals surface area (Å²) >= 11 is 0. The molecule has 3 aromatic rings. The molecule has 0 aliphatic carbocycles. The summed E-state index contributed by atoms with van der Waals surface area (Å²) in [4.78, 5) is 12.3. The fraction of sp³-hybridized carbons (Fsp3) is 0.250. The molecule has 0 spiro atoms. The Balaban J connectivity index is 1.64. The van der Waals surface area contributed by atoms with Gasteiger partial charge in [-0.05, 0) is 24.3 Å². The van der Waals surface area contributed by atoms with Crippen molar-refractivity contribution in [2.24, 2.45) is 7.05 Å². The number of carbonyl (C=O) groups is 1. The Morgan fingerprint density at radius 1 is 1.14 bits per heavy atom. The highest BCUT2D eigenvalue weighted by Gasteiger charge is 2.29. The summed E-state index contributed by atoms with van der Waals surface area (Å²) in [6, 6.07) is 11.0. The first-order valence-corrected chi connectivity index (χ1v) is 10.5. The lowest BCUT2D eigenvalue weighted by Gasteiger charge is -2.26. The van der Waals surface area contributed by atoms with Crippen LogP contribution in [0, 0.1) is 5.82 Å². The topological polar surface area (TPSA) is 80.6 Å². The van der Waals surface area contributed by atoms with Crippen molar-refractivity contribution in [2.75, 3.05) is 31.6 Å². The van der Waals surface area contributed by atoms with E-state index in [1.165, 1.54) is 10.4 Å². The highest BCUT2D eigenvalue weighted by Crippen LogP contribution is 2.25. The minimum absolute atomic E-state index is 0.161. The molecule has 7 nitrogen and oxygen atoms in total. The van der Waals surface area contributed by atoms with Crippen molar-refractivity contribution >= 4 is 32.5 Å². The Kier molecular flexibility index (Phi) is 5.12. The van der Waals surface area contributed by atoms with Gasteiger partial charge in [-0.1, -0.05) is 18.2 Å². The third-order valence-electron chi connectivity index (χ3n) is 4.92. The fourth-order valence-electron chi connectivity index (χ4n) is 3.43. The van der Waals surface area contributed by atoms with Crippen LogP contribution in [0.5, 0.6) is 0 Å². The molecule has 1 saturated heterocycles. The number of morpholine rings is 1. The number of fused-ring (bicyclic) bond motifs is 1. The summed E-state index contributed by atoms with van der Waals surface area (Å²) in [5, 5.41) is 3.45. The Bertz CT molecular complexity index is 1180. The molecule has 9 heteroatoms. The molecular formula is C20H20FN3O4S. The lowest BCUT2D eigenvalue weighted by atomic mass is 10.1. The number of hydrogen-bond donors (Lipinski definition) is 1. The number of amides is 1. The first-order valence-electron chi connectivity index (χ1n) is 9.11. The van der Waals surface area contributed by atoms with Crippen LogP contribution in [0.1, 0.15) is 10.4 Å². The number of nitrogens with zero attached hydrogens (tertiary/aromatic N) is 2. The number of aryl methyl sites for hydroxylation is 1. The van der Waals surface area contributed by atoms with E-state index in [-0.39, 0.29) is 32.0 Å². The monoisotopic (exact) mass is 417 g/mol. The molecule has 0 atom stereocenters. The van der Waals surface area contributed by atoms with Crippen LogP contribution in [0.2, 0.25) is 0 Å². The average Bonchev–Trinajstić information content (AvgIpc) is 3.07. The van der Waals surface area contributed by atoms with Crippen molar-refractivity contribution in [1.29, 1.82) is 0 Å². The molecule has 1 N–H and O–H groups in total. The number of nitrogens with one attached hydrogen (secondary N) is 1. The van der Waals surface area contributed by atoms with Crippen molar-refractivity contribution < 1.29 is 22.3 Å². The van der Waals surface area contributed by atoms with Crippen molar-refractivity contribution in [1.82, 2.24) is 8.87 Å². The van der Waals surface area contributed by atoms with E-state index in [1.54, 1.807) is 6.20 Å². The van der Waals surface area contributed by atoms with E-state index in [9.17, 15) is 17.6 Å². The van der Waals surface area contributed by atoms with Crippen LogP contribution in [0.3, 0.4) is 0 Å². The summed E-state index contributed by atoms with van der Waals surface area (Å²) in [7, 11) is -2.19. The summed E-state index contributed by atoms with van der Waals surface area (Å²) < 4.78 is 48.1. The van der Waals surface area contributed by atoms with Gasteiger partial charge in [-0.3, -0.25) is 4.79 Å². The number of aromatic nitrogens is 1. The molecule has 0 unspecified atom stereocenters. The Morgan fingerprint density at radius 3 is 2.62 bits per heavy atom. The highest BCUT2D eigenvalue weighted by molar-refractivity contribution is 7.89. The van der Waals surface area contributed by atoms with Gasteiger partial charge in [0, 0.05) is 42.9 Å². The van der Waals surface area contributed by atoms with Gasteiger partial charge in [-0.25, -0.2) is 12.8 Å². The van der Waals surface area contributed by atoms with Gasteiger partial charge in [0.25, 0.3) is 5.91 Å². The number of anilines is 1. The number of rotatable bonds is 4. The maximum atomic E-state index is 14.3. The molecular weight excluding hydrogens is 397 g/mol. The van der Waals surface area contributed by atoms with Crippen LogP contribution in [-0.2, 0) is 21.8 Å². The normalized spacial score (nSPS) is 15.5. The third-order valence-corrected chi connectivity index (χ3v) is 6.83. The Hall–Kier alpha value is -2.75. The predicted octanol–water partition coefficient (Wildman–Crippen LogP) is 2.59. The summed E-state index contributed by atoms with van der Waals surface area (Å²) in [6.07, 6.45) is 1.70. The second-order valence-corrected chi connectivity index (χ2v) is 8.69. The van der Waals surface area contributed by atoms with Crippen molar-refractivity contribution in [3.8, 4) is 0 Å². The minimum atomic E-state index is -4.02. The molecule has 0 bridgehead atoms. The lowest BCUT2D eigenvalue weighted by Crippen LogP contribution is -2.40. The van der Waals surface area contributed by atoms with Gasteiger partial charge < -0.3 is 14.6 Å². The first-order chi connectivity index (χ1) is 13.9. The highest BCUT2D eigenvalue weighted by atomic mass is 32.2. The second-order valence-electron chi connectivity index (χ2n) is 6.79. The maximum absolute atomic E-state index is 14.3. The van der Waals surface area contributed by atoms with Crippen molar-refractivity contribution in [2.45, 2.75) is 4.90 Å². The number of sulfonamides is 1. The standard InChI is InChI=1S/C20H20FN3O4S/c1-23-13-16(15-4-2-3-5-18(15)23)20(25)22-14-6-7-17(21)19(12-14)29(26,27)24-8-10-28-11-9-24/h2-7,12-13H,8-11H2,1H3,(H,22,25). The molecule has 29 heavy (non-hydrogen) atoms. The van der Waals surface area contributed by atoms with Gasteiger partial charge in [0.15, 0.2) is 0 Å². The Labute approximate surface area is 167 Å². The van der Waals surface area contributed by atoms with Crippen LogP contribution < -0.4 is 5.32 Å². The van der Waals surface area contributed by atoms with Crippen molar-refractivity contribution in [3.05, 3.63) is 60.0 Å². The number of ether oxygens (including phenoxy) is 1. The molecule has 4 rings (SSSR count). The van der Waals surface area contributed by atoms with E-state index >= 15 is 0 Å². The molecule has 0 radical (unpaired) electrons. The zero-order valence-electron chi connectivity index (χ0n) is 15.8. The Morgan fingerprint density at radius 2 is 1.86 bits per heavy atom. The largest absolute Gasteiger partial charge is 0.379 e. The molecule has 152 valence electrons. The van der Waals surface area contributed by atoms with Crippen LogP contribution in [-0.4, -0.2) is 49.5 Å². The molecule has 1 aliphatic rings. The SMILES string of the molecule is Cn1cc(C(=O)Nc2ccc(F)c(S(=O)(=O)N3CCOCC3)c2)c2ccccc21. The molecule has 1 amide bonds. The quantitative estimate of drug-likeness (QED) is 0.708. The van der Waals surface area contributed by atoms with Crippen LogP contribution in [0.4, 0.5) is 10.1 Å². The summed E-state index contributed by atoms with van der Waals surface area (Å²) in [6.45, 7) is 0.847. The zero-order chi connectivity index (χ0) is 20.6. The van der Waals surface area contributed by atoms with E-state index in [2.05, 4.69) is 5.32 Å².